The van der Waals surface area contributed by atoms with Crippen molar-refractivity contribution in [3.63, 3.8) is 0 Å². The first kappa shape index (κ1) is 19.7. The second-order valence-corrected chi connectivity index (χ2v) is 6.83. The largest absolute Gasteiger partial charge is 0.573 e. The Morgan fingerprint density at radius 1 is 1.04 bits per heavy atom. The molecule has 2 aromatic rings. The van der Waals surface area contributed by atoms with Gasteiger partial charge in [-0.2, -0.15) is 0 Å². The van der Waals surface area contributed by atoms with Crippen LogP contribution in [0.2, 0.25) is 0 Å². The molecule has 2 rings (SSSR count). The van der Waals surface area contributed by atoms with Gasteiger partial charge in [0, 0.05) is 12.1 Å². The first-order chi connectivity index (χ1) is 12.0. The number of carbonyl (C=O) groups is 1. The molecule has 10 heteroatoms. The average molecular weight is 388 g/mol. The van der Waals surface area contributed by atoms with Gasteiger partial charge < -0.3 is 10.1 Å². The van der Waals surface area contributed by atoms with Crippen LogP contribution in [0.15, 0.2) is 53.4 Å². The summed E-state index contributed by atoms with van der Waals surface area (Å²) in [4.78, 5) is 11.9. The van der Waals surface area contributed by atoms with E-state index in [0.717, 1.165) is 17.7 Å². The van der Waals surface area contributed by atoms with Crippen LogP contribution in [0.3, 0.4) is 0 Å². The summed E-state index contributed by atoms with van der Waals surface area (Å²) >= 11 is 0. The Morgan fingerprint density at radius 3 is 2.12 bits per heavy atom. The van der Waals surface area contributed by atoms with Crippen molar-refractivity contribution in [2.75, 3.05) is 6.54 Å². The van der Waals surface area contributed by atoms with Crippen LogP contribution in [0.5, 0.6) is 5.75 Å². The minimum absolute atomic E-state index is 0.00792. The van der Waals surface area contributed by atoms with Crippen molar-refractivity contribution in [3.05, 3.63) is 59.7 Å². The molecule has 2 aromatic carbocycles. The fraction of sp³-hybridized carbons (Fsp3) is 0.188. The zero-order chi connectivity index (χ0) is 19.4. The number of carbonyl (C=O) groups excluding carboxylic acids is 1. The number of benzene rings is 2. The Morgan fingerprint density at radius 2 is 1.62 bits per heavy atom. The van der Waals surface area contributed by atoms with E-state index in [1.54, 1.807) is 12.1 Å². The molecule has 0 saturated carbocycles. The lowest BCUT2D eigenvalue weighted by molar-refractivity contribution is -0.274. The molecular weight excluding hydrogens is 373 g/mol. The first-order valence-electron chi connectivity index (χ1n) is 7.30. The number of alkyl halides is 3. The summed E-state index contributed by atoms with van der Waals surface area (Å²) in [5, 5.41) is 7.61. The molecule has 0 atom stereocenters. The molecule has 0 aromatic heterocycles. The van der Waals surface area contributed by atoms with Crippen molar-refractivity contribution < 1.29 is 31.1 Å². The Kier molecular flexibility index (Phi) is 5.88. The van der Waals surface area contributed by atoms with Gasteiger partial charge in [-0.15, -0.1) is 13.2 Å². The number of hydrogen-bond acceptors (Lipinski definition) is 4. The standard InChI is InChI=1S/C16H15F3N2O4S/c17-16(18,19)25-13-5-3-12(4-6-13)15(22)21-10-9-11-1-7-14(8-2-11)26(20,23)24/h1-8H,9-10H2,(H,21,22)(H2,20,23,24). The minimum Gasteiger partial charge on any atom is -0.406 e. The molecule has 0 bridgehead atoms. The molecule has 0 unspecified atom stereocenters. The molecule has 3 N–H and O–H groups in total. The number of hydrogen-bond donors (Lipinski definition) is 2. The Balaban J connectivity index is 1.87. The Labute approximate surface area is 147 Å². The van der Waals surface area contributed by atoms with Crippen LogP contribution < -0.4 is 15.2 Å². The third-order valence-corrected chi connectivity index (χ3v) is 4.23. The predicted molar refractivity (Wildman–Crippen MR) is 87.0 cm³/mol. The van der Waals surface area contributed by atoms with E-state index < -0.39 is 28.0 Å². The summed E-state index contributed by atoms with van der Waals surface area (Å²) < 4.78 is 62.3. The average Bonchev–Trinajstić information content (AvgIpc) is 2.53. The number of primary sulfonamides is 1. The zero-order valence-electron chi connectivity index (χ0n) is 13.3. The van der Waals surface area contributed by atoms with E-state index in [1.807, 2.05) is 0 Å². The number of nitrogens with two attached hydrogens (primary N) is 1. The molecular formula is C16H15F3N2O4S. The highest BCUT2D eigenvalue weighted by atomic mass is 32.2. The first-order valence-corrected chi connectivity index (χ1v) is 8.85. The molecule has 26 heavy (non-hydrogen) atoms. The van der Waals surface area contributed by atoms with Crippen LogP contribution in [-0.4, -0.2) is 27.2 Å². The Hall–Kier alpha value is -2.59. The highest BCUT2D eigenvalue weighted by molar-refractivity contribution is 7.89. The van der Waals surface area contributed by atoms with Crippen LogP contribution in [0.1, 0.15) is 15.9 Å². The van der Waals surface area contributed by atoms with Crippen molar-refractivity contribution in [2.24, 2.45) is 5.14 Å². The lowest BCUT2D eigenvalue weighted by Crippen LogP contribution is -2.25. The van der Waals surface area contributed by atoms with E-state index in [9.17, 15) is 26.4 Å². The highest BCUT2D eigenvalue weighted by Gasteiger charge is 2.31. The summed E-state index contributed by atoms with van der Waals surface area (Å²) in [6, 6.07) is 10.4. The third-order valence-electron chi connectivity index (χ3n) is 3.30. The number of amides is 1. The van der Waals surface area contributed by atoms with Gasteiger partial charge in [0.15, 0.2) is 0 Å². The molecule has 6 nitrogen and oxygen atoms in total. The SMILES string of the molecule is NS(=O)(=O)c1ccc(CCNC(=O)c2ccc(OC(F)(F)F)cc2)cc1. The smallest absolute Gasteiger partial charge is 0.406 e. The minimum atomic E-state index is -4.79. The normalized spacial score (nSPS) is 11.8. The molecule has 0 saturated heterocycles. The van der Waals surface area contributed by atoms with Crippen LogP contribution in [0, 0.1) is 0 Å². The van der Waals surface area contributed by atoms with E-state index in [4.69, 9.17) is 5.14 Å². The van der Waals surface area contributed by atoms with E-state index in [0.29, 0.717) is 6.42 Å². The fourth-order valence-electron chi connectivity index (χ4n) is 2.08. The number of nitrogens with one attached hydrogen (secondary N) is 1. The molecule has 0 aliphatic carbocycles. The Bertz CT molecular complexity index is 864. The van der Waals surface area contributed by atoms with Crippen LogP contribution in [-0.2, 0) is 16.4 Å². The monoisotopic (exact) mass is 388 g/mol. The van der Waals surface area contributed by atoms with Gasteiger partial charge in [-0.25, -0.2) is 13.6 Å². The highest BCUT2D eigenvalue weighted by Crippen LogP contribution is 2.22. The van der Waals surface area contributed by atoms with Gasteiger partial charge in [0.1, 0.15) is 5.75 Å². The summed E-state index contributed by atoms with van der Waals surface area (Å²) in [5.74, 6) is -0.867. The van der Waals surface area contributed by atoms with Gasteiger partial charge in [-0.3, -0.25) is 4.79 Å². The third kappa shape index (κ3) is 6.05. The molecule has 140 valence electrons. The van der Waals surface area contributed by atoms with Crippen LogP contribution >= 0.6 is 0 Å². The molecule has 0 fully saturated rings. The molecule has 0 radical (unpaired) electrons. The van der Waals surface area contributed by atoms with E-state index in [2.05, 4.69) is 10.1 Å². The van der Waals surface area contributed by atoms with Crippen molar-refractivity contribution >= 4 is 15.9 Å². The van der Waals surface area contributed by atoms with Crippen LogP contribution in [0.4, 0.5) is 13.2 Å². The van der Waals surface area contributed by atoms with Crippen molar-refractivity contribution in [3.8, 4) is 5.75 Å². The van der Waals surface area contributed by atoms with E-state index >= 15 is 0 Å². The second-order valence-electron chi connectivity index (χ2n) is 5.27. The van der Waals surface area contributed by atoms with Gasteiger partial charge in [0.2, 0.25) is 10.0 Å². The summed E-state index contributed by atoms with van der Waals surface area (Å²) in [6.07, 6.45) is -4.35. The molecule has 0 heterocycles. The van der Waals surface area contributed by atoms with E-state index in [1.165, 1.54) is 24.3 Å². The van der Waals surface area contributed by atoms with Gasteiger partial charge in [-0.1, -0.05) is 12.1 Å². The molecule has 0 aliphatic heterocycles. The van der Waals surface area contributed by atoms with Crippen molar-refractivity contribution in [1.82, 2.24) is 5.32 Å². The summed E-state index contributed by atoms with van der Waals surface area (Å²) in [7, 11) is -3.75. The van der Waals surface area contributed by atoms with Gasteiger partial charge in [-0.05, 0) is 48.4 Å². The van der Waals surface area contributed by atoms with Crippen molar-refractivity contribution in [2.45, 2.75) is 17.7 Å². The second kappa shape index (κ2) is 7.75. The lowest BCUT2D eigenvalue weighted by atomic mass is 10.1. The quantitative estimate of drug-likeness (QED) is 0.793. The van der Waals surface area contributed by atoms with Gasteiger partial charge >= 0.3 is 6.36 Å². The number of halogens is 3. The fourth-order valence-corrected chi connectivity index (χ4v) is 2.59. The van der Waals surface area contributed by atoms with Crippen LogP contribution in [0.25, 0.3) is 0 Å². The van der Waals surface area contributed by atoms with Crippen molar-refractivity contribution in [1.29, 1.82) is 0 Å². The number of ether oxygens (including phenoxy) is 1. The molecule has 0 aliphatic rings. The maximum Gasteiger partial charge on any atom is 0.573 e. The lowest BCUT2D eigenvalue weighted by Gasteiger charge is -2.09. The van der Waals surface area contributed by atoms with Gasteiger partial charge in [0.25, 0.3) is 5.91 Å². The molecule has 1 amide bonds. The zero-order valence-corrected chi connectivity index (χ0v) is 14.1. The number of sulfonamides is 1. The summed E-state index contributed by atoms with van der Waals surface area (Å²) in [6.45, 7) is 0.258. The van der Waals surface area contributed by atoms with E-state index in [-0.39, 0.29) is 17.0 Å². The molecule has 0 spiro atoms. The van der Waals surface area contributed by atoms with Gasteiger partial charge in [0.05, 0.1) is 4.90 Å². The maximum absolute atomic E-state index is 12.1. The maximum atomic E-state index is 12.1. The predicted octanol–water partition coefficient (Wildman–Crippen LogP) is 2.21. The topological polar surface area (TPSA) is 98.5 Å². The summed E-state index contributed by atoms with van der Waals surface area (Å²) in [5.41, 5.74) is 0.968. The number of rotatable bonds is 6.